The summed E-state index contributed by atoms with van der Waals surface area (Å²) in [5, 5.41) is 6.28. The van der Waals surface area contributed by atoms with Crippen molar-refractivity contribution >= 4 is 0 Å². The van der Waals surface area contributed by atoms with Gasteiger partial charge >= 0.3 is 0 Å². The van der Waals surface area contributed by atoms with Gasteiger partial charge in [-0.25, -0.2) is 15.8 Å². The van der Waals surface area contributed by atoms with Crippen LogP contribution in [0.4, 0.5) is 0 Å². The van der Waals surface area contributed by atoms with Gasteiger partial charge in [0.15, 0.2) is 0 Å². The molecule has 3 heteroatoms. The van der Waals surface area contributed by atoms with Crippen molar-refractivity contribution in [1.82, 2.24) is 15.8 Å². The van der Waals surface area contributed by atoms with E-state index in [0.29, 0.717) is 6.17 Å². The average molecular weight is 128 g/mol. The van der Waals surface area contributed by atoms with Crippen LogP contribution in [-0.2, 0) is 0 Å². The van der Waals surface area contributed by atoms with Gasteiger partial charge in [-0.1, -0.05) is 0 Å². The van der Waals surface area contributed by atoms with E-state index in [2.05, 4.69) is 10.7 Å². The molecule has 1 unspecified atom stereocenters. The Bertz CT molecular complexity index is 76.4. The highest BCUT2D eigenvalue weighted by atomic mass is 15.5. The molecule has 0 spiro atoms. The van der Waals surface area contributed by atoms with Gasteiger partial charge in [-0.3, -0.25) is 0 Å². The van der Waals surface area contributed by atoms with Crippen LogP contribution in [0.2, 0.25) is 0 Å². The van der Waals surface area contributed by atoms with E-state index < -0.39 is 0 Å². The highest BCUT2D eigenvalue weighted by molar-refractivity contribution is 4.68. The van der Waals surface area contributed by atoms with Crippen molar-refractivity contribution in [3.05, 3.63) is 0 Å². The number of rotatable bonds is 2. The number of nitrogens with zero attached hydrogens (tertiary/aromatic N) is 2. The van der Waals surface area contributed by atoms with Crippen molar-refractivity contribution in [3.8, 4) is 0 Å². The van der Waals surface area contributed by atoms with Gasteiger partial charge in [-0.05, 0) is 12.8 Å². The summed E-state index contributed by atoms with van der Waals surface area (Å²) in [6.45, 7) is 1.03. The summed E-state index contributed by atoms with van der Waals surface area (Å²) in [7, 11) is 3.99. The van der Waals surface area contributed by atoms with Gasteiger partial charge in [0.05, 0.1) is 6.17 Å². The van der Waals surface area contributed by atoms with E-state index in [0.717, 1.165) is 6.54 Å². The molecule has 0 aromatic heterocycles. The van der Waals surface area contributed by atoms with Crippen molar-refractivity contribution in [2.24, 2.45) is 0 Å². The van der Waals surface area contributed by atoms with Crippen LogP contribution in [0.1, 0.15) is 12.8 Å². The second-order valence-corrected chi connectivity index (χ2v) is 2.59. The zero-order valence-corrected chi connectivity index (χ0v) is 6.09. The van der Waals surface area contributed by atoms with Gasteiger partial charge in [-0.2, -0.15) is 0 Å². The van der Waals surface area contributed by atoms with E-state index in [9.17, 15) is 0 Å². The minimum Gasteiger partial charge on any atom is -0.249 e. The third kappa shape index (κ3) is 2.30. The molecule has 1 N–H and O–H groups in total. The molecule has 0 aromatic rings. The Morgan fingerprint density at radius 3 is 2.78 bits per heavy atom. The summed E-state index contributed by atoms with van der Waals surface area (Å²) < 4.78 is 0. The summed E-state index contributed by atoms with van der Waals surface area (Å²) >= 11 is 0. The molecule has 1 aliphatic heterocycles. The van der Waals surface area contributed by atoms with Crippen LogP contribution in [0.5, 0.6) is 0 Å². The molecule has 1 aliphatic rings. The fourth-order valence-electron chi connectivity index (χ4n) is 1.03. The lowest BCUT2D eigenvalue weighted by molar-refractivity contribution is 0.229. The van der Waals surface area contributed by atoms with E-state index >= 15 is 0 Å². The predicted molar refractivity (Wildman–Crippen MR) is 36.8 cm³/mol. The molecule has 1 fully saturated rings. The Morgan fingerprint density at radius 2 is 2.33 bits per heavy atom. The first-order valence-corrected chi connectivity index (χ1v) is 3.39. The third-order valence-electron chi connectivity index (χ3n) is 1.39. The quantitative estimate of drug-likeness (QED) is 0.521. The average Bonchev–Trinajstić information content (AvgIpc) is 2.15. The zero-order chi connectivity index (χ0) is 6.69. The largest absolute Gasteiger partial charge is 0.249 e. The Balaban J connectivity index is 2.11. The first kappa shape index (κ1) is 6.99. The molecule has 0 saturated carbocycles. The smallest absolute Gasteiger partial charge is 0.0865 e. The van der Waals surface area contributed by atoms with E-state index in [4.69, 9.17) is 0 Å². The molecule has 1 rings (SSSR count). The maximum absolute atomic E-state index is 4.32. The van der Waals surface area contributed by atoms with Crippen LogP contribution in [-0.4, -0.2) is 31.8 Å². The van der Waals surface area contributed by atoms with Crippen LogP contribution in [0.25, 0.3) is 0 Å². The van der Waals surface area contributed by atoms with Crippen molar-refractivity contribution in [2.75, 3.05) is 20.6 Å². The van der Waals surface area contributed by atoms with Gasteiger partial charge in [0, 0.05) is 20.6 Å². The molecule has 0 bridgehead atoms. The second-order valence-electron chi connectivity index (χ2n) is 2.59. The fraction of sp³-hybridized carbons (Fsp3) is 1.00. The van der Waals surface area contributed by atoms with Crippen LogP contribution in [0.3, 0.4) is 0 Å². The fourth-order valence-corrected chi connectivity index (χ4v) is 1.03. The van der Waals surface area contributed by atoms with E-state index in [1.165, 1.54) is 12.8 Å². The topological polar surface area (TPSA) is 29.4 Å². The van der Waals surface area contributed by atoms with Crippen molar-refractivity contribution in [3.63, 3.8) is 0 Å². The lowest BCUT2D eigenvalue weighted by Crippen LogP contribution is -2.42. The maximum Gasteiger partial charge on any atom is 0.0865 e. The molecule has 1 atom stereocenters. The molecule has 3 nitrogen and oxygen atoms in total. The van der Waals surface area contributed by atoms with Crippen LogP contribution < -0.4 is 10.7 Å². The Labute approximate surface area is 56.4 Å². The molecule has 0 aromatic carbocycles. The van der Waals surface area contributed by atoms with E-state index in [-0.39, 0.29) is 0 Å². The molecular weight excluding hydrogens is 114 g/mol. The highest BCUT2D eigenvalue weighted by Crippen LogP contribution is 2.02. The second kappa shape index (κ2) is 3.15. The molecule has 1 saturated heterocycles. The van der Waals surface area contributed by atoms with Gasteiger partial charge in [0.1, 0.15) is 0 Å². The lowest BCUT2D eigenvalue weighted by atomic mass is 10.3. The summed E-state index contributed by atoms with van der Waals surface area (Å²) in [6, 6.07) is 0. The predicted octanol–water partition coefficient (Wildman–Crippen LogP) is -0.223. The van der Waals surface area contributed by atoms with Crippen LogP contribution in [0.15, 0.2) is 0 Å². The van der Waals surface area contributed by atoms with Gasteiger partial charge in [0.25, 0.3) is 0 Å². The van der Waals surface area contributed by atoms with Crippen molar-refractivity contribution in [2.45, 2.75) is 19.0 Å². The van der Waals surface area contributed by atoms with Gasteiger partial charge < -0.3 is 0 Å². The lowest BCUT2D eigenvalue weighted by Gasteiger charge is -2.16. The summed E-state index contributed by atoms with van der Waals surface area (Å²) in [6.07, 6.45) is 2.82. The zero-order valence-electron chi connectivity index (χ0n) is 6.09. The summed E-state index contributed by atoms with van der Waals surface area (Å²) in [4.78, 5) is 0. The number of hydrogen-bond acceptors (Lipinski definition) is 2. The third-order valence-corrected chi connectivity index (χ3v) is 1.39. The van der Waals surface area contributed by atoms with Crippen LogP contribution in [0, 0.1) is 0 Å². The molecular formula is C6H14N3. The summed E-state index contributed by atoms with van der Waals surface area (Å²) in [5.41, 5.74) is 3.21. The monoisotopic (exact) mass is 128 g/mol. The van der Waals surface area contributed by atoms with E-state index in [1.54, 1.807) is 0 Å². The van der Waals surface area contributed by atoms with Gasteiger partial charge in [-0.15, -0.1) is 0 Å². The standard InChI is InChI=1S/C6H14N3/c1-9(2)8-6-4-3-5-7-6/h6,8H,3-5H2,1-2H3. The summed E-state index contributed by atoms with van der Waals surface area (Å²) in [5.74, 6) is 0. The van der Waals surface area contributed by atoms with Crippen molar-refractivity contribution in [1.29, 1.82) is 0 Å². The molecule has 0 aliphatic carbocycles. The molecule has 53 valence electrons. The molecule has 1 heterocycles. The maximum atomic E-state index is 4.32. The number of hydrogen-bond donors (Lipinski definition) is 1. The molecule has 0 amide bonds. The highest BCUT2D eigenvalue weighted by Gasteiger charge is 2.14. The number of nitrogens with one attached hydrogen (secondary N) is 1. The Hall–Kier alpha value is -0.120. The SMILES string of the molecule is CN(C)NC1CCC[N]1. The Kier molecular flexibility index (Phi) is 2.45. The van der Waals surface area contributed by atoms with Gasteiger partial charge in [0.2, 0.25) is 0 Å². The van der Waals surface area contributed by atoms with Crippen LogP contribution >= 0.6 is 0 Å². The normalized spacial score (nSPS) is 27.7. The molecule has 1 radical (unpaired) electrons. The minimum atomic E-state index is 0.389. The minimum absolute atomic E-state index is 0.389. The first-order valence-electron chi connectivity index (χ1n) is 3.39. The first-order chi connectivity index (χ1) is 4.29. The Morgan fingerprint density at radius 1 is 1.56 bits per heavy atom. The van der Waals surface area contributed by atoms with Crippen molar-refractivity contribution < 1.29 is 0 Å². The van der Waals surface area contributed by atoms with E-state index in [1.807, 2.05) is 19.1 Å². The molecule has 9 heavy (non-hydrogen) atoms. The number of hydrazine groups is 1.